The monoisotopic (exact) mass is 1350 g/mol. The summed E-state index contributed by atoms with van der Waals surface area (Å²) < 4.78 is 68.4. The average Bonchev–Trinajstić information content (AvgIpc) is 1.84. The molecule has 0 radical (unpaired) electrons. The van der Waals surface area contributed by atoms with Crippen molar-refractivity contribution < 1.29 is 80.2 Å². The predicted molar refractivity (Wildman–Crippen MR) is 372 cm³/mol. The van der Waals surface area contributed by atoms with Crippen LogP contribution in [0.1, 0.15) is 375 Å². The van der Waals surface area contributed by atoms with Gasteiger partial charge in [-0.25, -0.2) is 9.13 Å². The SMILES string of the molecule is CCCCCCCCCCCCCCCCC(=O)OC[C@H](COP(=O)(O)OC[C@@H](O)COP(=O)(O)OC[C@@H](COC(=O)CCCCCCCCCCCC)OC(=O)CCCCCCCCCCC(C)C)OC(=O)CCCCCCCCCCCCCCCCC(C)C. The van der Waals surface area contributed by atoms with E-state index in [-0.39, 0.29) is 25.7 Å². The molecule has 0 fully saturated rings. The van der Waals surface area contributed by atoms with Gasteiger partial charge in [0.2, 0.25) is 0 Å². The Morgan fingerprint density at radius 2 is 0.500 bits per heavy atom. The minimum absolute atomic E-state index is 0.105. The lowest BCUT2D eigenvalue weighted by Gasteiger charge is -2.21. The number of phosphoric ester groups is 2. The van der Waals surface area contributed by atoms with Crippen LogP contribution < -0.4 is 0 Å². The topological polar surface area (TPSA) is 237 Å². The van der Waals surface area contributed by atoms with Gasteiger partial charge in [0.15, 0.2) is 12.2 Å². The van der Waals surface area contributed by atoms with Crippen molar-refractivity contribution in [3.05, 3.63) is 0 Å². The van der Waals surface area contributed by atoms with Crippen LogP contribution in [0.15, 0.2) is 0 Å². The lowest BCUT2D eigenvalue weighted by molar-refractivity contribution is -0.161. The summed E-state index contributed by atoms with van der Waals surface area (Å²) in [7, 11) is -9.90. The number of phosphoric acid groups is 2. The molecule has 0 aromatic carbocycles. The molecule has 2 unspecified atom stereocenters. The summed E-state index contributed by atoms with van der Waals surface area (Å²) >= 11 is 0. The third-order valence-electron chi connectivity index (χ3n) is 17.0. The fraction of sp³-hybridized carbons (Fsp3) is 0.945. The van der Waals surface area contributed by atoms with Gasteiger partial charge in [0, 0.05) is 25.7 Å². The van der Waals surface area contributed by atoms with Crippen molar-refractivity contribution in [2.24, 2.45) is 11.8 Å². The maximum atomic E-state index is 13.1. The van der Waals surface area contributed by atoms with E-state index in [1.807, 2.05) is 0 Å². The molecule has 92 heavy (non-hydrogen) atoms. The molecular formula is C73H142O17P2. The number of esters is 4. The van der Waals surface area contributed by atoms with Crippen molar-refractivity contribution in [3.8, 4) is 0 Å². The first kappa shape index (κ1) is 90.1. The zero-order valence-electron chi connectivity index (χ0n) is 59.9. The van der Waals surface area contributed by atoms with Gasteiger partial charge in [0.1, 0.15) is 19.3 Å². The van der Waals surface area contributed by atoms with Gasteiger partial charge in [-0.3, -0.25) is 37.3 Å². The Bertz CT molecular complexity index is 1790. The fourth-order valence-electron chi connectivity index (χ4n) is 11.1. The van der Waals surface area contributed by atoms with Crippen molar-refractivity contribution >= 4 is 39.5 Å². The minimum atomic E-state index is -4.95. The molecule has 17 nitrogen and oxygen atoms in total. The Morgan fingerprint density at radius 3 is 0.739 bits per heavy atom. The van der Waals surface area contributed by atoms with Gasteiger partial charge in [-0.1, -0.05) is 324 Å². The highest BCUT2D eigenvalue weighted by Crippen LogP contribution is 2.45. The first-order valence-corrected chi connectivity index (χ1v) is 41.0. The number of rotatable bonds is 72. The van der Waals surface area contributed by atoms with Crippen LogP contribution in [0.4, 0.5) is 0 Å². The lowest BCUT2D eigenvalue weighted by atomic mass is 10.0. The molecule has 19 heteroatoms. The lowest BCUT2D eigenvalue weighted by Crippen LogP contribution is -2.30. The Kier molecular flexibility index (Phi) is 63.7. The Labute approximate surface area is 562 Å². The molecule has 0 aliphatic rings. The molecular weight excluding hydrogens is 1210 g/mol. The van der Waals surface area contributed by atoms with Gasteiger partial charge in [-0.15, -0.1) is 0 Å². The molecule has 0 heterocycles. The van der Waals surface area contributed by atoms with E-state index in [0.29, 0.717) is 25.7 Å². The van der Waals surface area contributed by atoms with Crippen molar-refractivity contribution in [2.75, 3.05) is 39.6 Å². The Hall–Kier alpha value is -1.94. The van der Waals surface area contributed by atoms with Gasteiger partial charge in [0.05, 0.1) is 26.4 Å². The van der Waals surface area contributed by atoms with Crippen molar-refractivity contribution in [2.45, 2.75) is 394 Å². The van der Waals surface area contributed by atoms with E-state index in [1.54, 1.807) is 0 Å². The number of aliphatic hydroxyl groups excluding tert-OH is 1. The smallest absolute Gasteiger partial charge is 0.462 e. The van der Waals surface area contributed by atoms with E-state index in [0.717, 1.165) is 102 Å². The summed E-state index contributed by atoms with van der Waals surface area (Å²) in [6.45, 7) is 9.55. The molecule has 0 aliphatic carbocycles. The van der Waals surface area contributed by atoms with E-state index < -0.39 is 97.5 Å². The van der Waals surface area contributed by atoms with Gasteiger partial charge in [-0.2, -0.15) is 0 Å². The normalized spacial score (nSPS) is 14.1. The summed E-state index contributed by atoms with van der Waals surface area (Å²) in [5.41, 5.74) is 0. The minimum Gasteiger partial charge on any atom is -0.462 e. The van der Waals surface area contributed by atoms with Crippen molar-refractivity contribution in [1.82, 2.24) is 0 Å². The molecule has 0 saturated heterocycles. The zero-order chi connectivity index (χ0) is 67.9. The third-order valence-corrected chi connectivity index (χ3v) is 18.9. The highest BCUT2D eigenvalue weighted by Gasteiger charge is 2.30. The number of hydrogen-bond acceptors (Lipinski definition) is 15. The number of aliphatic hydroxyl groups is 1. The van der Waals surface area contributed by atoms with E-state index in [1.165, 1.54) is 193 Å². The number of carbonyl (C=O) groups is 4. The van der Waals surface area contributed by atoms with E-state index in [4.69, 9.17) is 37.0 Å². The first-order chi connectivity index (χ1) is 44.4. The summed E-state index contributed by atoms with van der Waals surface area (Å²) in [6, 6.07) is 0. The van der Waals surface area contributed by atoms with Crippen LogP contribution in [0.5, 0.6) is 0 Å². The first-order valence-electron chi connectivity index (χ1n) is 38.0. The van der Waals surface area contributed by atoms with Crippen LogP contribution >= 0.6 is 15.6 Å². The van der Waals surface area contributed by atoms with E-state index >= 15 is 0 Å². The molecule has 0 aromatic rings. The maximum absolute atomic E-state index is 13.1. The number of ether oxygens (including phenoxy) is 4. The summed E-state index contributed by atoms with van der Waals surface area (Å²) in [4.78, 5) is 72.6. The predicted octanol–water partition coefficient (Wildman–Crippen LogP) is 21.2. The molecule has 0 bridgehead atoms. The Balaban J connectivity index is 5.24. The second-order valence-corrected chi connectivity index (χ2v) is 30.2. The molecule has 0 spiro atoms. The van der Waals surface area contributed by atoms with Gasteiger partial charge >= 0.3 is 39.5 Å². The van der Waals surface area contributed by atoms with Crippen LogP contribution in [0.3, 0.4) is 0 Å². The zero-order valence-corrected chi connectivity index (χ0v) is 61.6. The van der Waals surface area contributed by atoms with Gasteiger partial charge in [0.25, 0.3) is 0 Å². The summed E-state index contributed by atoms with van der Waals surface area (Å²) in [5, 5.41) is 10.6. The molecule has 546 valence electrons. The standard InChI is InChI=1S/C73H142O17P2/c1-7-9-11-13-15-17-19-20-24-27-31-38-44-50-56-71(76)84-61-68(89-72(77)57-51-45-39-32-28-25-22-21-23-26-29-35-41-47-53-65(3)4)63-87-91(79,80)85-59-67(74)60-86-92(81,82)88-64-69(62-83-70(75)55-49-43-37-30-18-16-14-12-10-8-2)90-73(78)58-52-46-40-34-33-36-42-48-54-66(5)6/h65-69,74H,7-64H2,1-6H3,(H,79,80)(H,81,82)/t67-,68-,69-/m1/s1. The van der Waals surface area contributed by atoms with Crippen LogP contribution in [0, 0.1) is 11.8 Å². The number of hydrogen-bond donors (Lipinski definition) is 3. The molecule has 3 N–H and O–H groups in total. The van der Waals surface area contributed by atoms with Crippen molar-refractivity contribution in [3.63, 3.8) is 0 Å². The van der Waals surface area contributed by atoms with E-state index in [2.05, 4.69) is 41.5 Å². The van der Waals surface area contributed by atoms with Crippen LogP contribution in [-0.2, 0) is 65.4 Å². The second-order valence-electron chi connectivity index (χ2n) is 27.3. The fourth-order valence-corrected chi connectivity index (χ4v) is 12.7. The van der Waals surface area contributed by atoms with Crippen molar-refractivity contribution in [1.29, 1.82) is 0 Å². The summed E-state index contributed by atoms with van der Waals surface area (Å²) in [5.74, 6) is -0.606. The molecule has 5 atom stereocenters. The average molecular weight is 1350 g/mol. The highest BCUT2D eigenvalue weighted by atomic mass is 31.2. The van der Waals surface area contributed by atoms with Crippen LogP contribution in [0.2, 0.25) is 0 Å². The molecule has 0 amide bonds. The highest BCUT2D eigenvalue weighted by molar-refractivity contribution is 7.47. The molecule has 0 rings (SSSR count). The molecule has 0 saturated carbocycles. The number of unbranched alkanes of at least 4 members (excludes halogenated alkanes) is 42. The molecule has 0 aromatic heterocycles. The van der Waals surface area contributed by atoms with Crippen LogP contribution in [-0.4, -0.2) is 96.7 Å². The van der Waals surface area contributed by atoms with Gasteiger partial charge in [-0.05, 0) is 37.5 Å². The maximum Gasteiger partial charge on any atom is 0.472 e. The summed E-state index contributed by atoms with van der Waals surface area (Å²) in [6.07, 6.45) is 51.3. The number of carbonyl (C=O) groups excluding carboxylic acids is 4. The Morgan fingerprint density at radius 1 is 0.293 bits per heavy atom. The molecule has 0 aliphatic heterocycles. The van der Waals surface area contributed by atoms with Crippen LogP contribution in [0.25, 0.3) is 0 Å². The second kappa shape index (κ2) is 65.0. The third kappa shape index (κ3) is 66.7. The van der Waals surface area contributed by atoms with E-state index in [9.17, 15) is 43.2 Å². The largest absolute Gasteiger partial charge is 0.472 e. The quantitative estimate of drug-likeness (QED) is 0.0222. The van der Waals surface area contributed by atoms with Gasteiger partial charge < -0.3 is 33.8 Å².